The van der Waals surface area contributed by atoms with Gasteiger partial charge in [0.15, 0.2) is 11.0 Å². The number of aromatic nitrogens is 3. The Hall–Kier alpha value is -3.89. The van der Waals surface area contributed by atoms with Gasteiger partial charge in [0, 0.05) is 28.5 Å². The van der Waals surface area contributed by atoms with E-state index in [-0.39, 0.29) is 11.3 Å². The number of non-ortho nitro benzene ring substituents is 1. The van der Waals surface area contributed by atoms with Crippen LogP contribution in [0.4, 0.5) is 5.69 Å². The predicted octanol–water partition coefficient (Wildman–Crippen LogP) is 5.93. The van der Waals surface area contributed by atoms with E-state index in [0.29, 0.717) is 21.8 Å². The highest BCUT2D eigenvalue weighted by Gasteiger charge is 2.23. The number of amides is 1. The van der Waals surface area contributed by atoms with Crippen molar-refractivity contribution in [1.29, 1.82) is 0 Å². The van der Waals surface area contributed by atoms with Crippen LogP contribution in [0.1, 0.15) is 40.3 Å². The molecular formula is C26H24ClN5O4S. The fourth-order valence-electron chi connectivity index (χ4n) is 3.72. The number of halogens is 1. The van der Waals surface area contributed by atoms with E-state index in [9.17, 15) is 14.9 Å². The van der Waals surface area contributed by atoms with Crippen molar-refractivity contribution in [2.24, 2.45) is 0 Å². The Balaban J connectivity index is 1.66. The van der Waals surface area contributed by atoms with Crippen LogP contribution in [0.25, 0.3) is 5.69 Å². The van der Waals surface area contributed by atoms with E-state index in [4.69, 9.17) is 16.3 Å². The number of hydrogen-bond donors (Lipinski definition) is 1. The van der Waals surface area contributed by atoms with Gasteiger partial charge in [-0.05, 0) is 55.3 Å². The molecule has 1 N–H and O–H groups in total. The number of nitrogens with zero attached hydrogens (tertiary/aromatic N) is 4. The number of methoxy groups -OCH3 is 1. The molecule has 9 nitrogen and oxygen atoms in total. The number of thioether (sulfide) groups is 1. The molecule has 4 rings (SSSR count). The number of rotatable bonds is 9. The summed E-state index contributed by atoms with van der Waals surface area (Å²) in [5, 5.41) is 24.0. The summed E-state index contributed by atoms with van der Waals surface area (Å²) in [4.78, 5) is 23.5. The molecule has 1 unspecified atom stereocenters. The van der Waals surface area contributed by atoms with Crippen LogP contribution in [0, 0.1) is 17.0 Å². The molecule has 1 amide bonds. The molecule has 0 bridgehead atoms. The predicted molar refractivity (Wildman–Crippen MR) is 143 cm³/mol. The molecule has 0 saturated carbocycles. The van der Waals surface area contributed by atoms with Crippen molar-refractivity contribution in [2.75, 3.05) is 7.11 Å². The first kappa shape index (κ1) is 26.2. The van der Waals surface area contributed by atoms with Gasteiger partial charge in [0.1, 0.15) is 5.75 Å². The molecule has 190 valence electrons. The van der Waals surface area contributed by atoms with Crippen molar-refractivity contribution in [1.82, 2.24) is 20.1 Å². The SMILES string of the molecule is COc1cccc(CSc2nnc(C(C)NC(=O)c3cccc([N+](=O)[O-])c3)n2-c2cc(Cl)ccc2C)c1. The number of nitro groups is 1. The van der Waals surface area contributed by atoms with Crippen LogP contribution in [-0.4, -0.2) is 32.7 Å². The molecular weight excluding hydrogens is 514 g/mol. The third-order valence-corrected chi connectivity index (χ3v) is 6.86. The van der Waals surface area contributed by atoms with E-state index < -0.39 is 16.9 Å². The molecule has 0 aliphatic rings. The van der Waals surface area contributed by atoms with E-state index in [1.165, 1.54) is 36.0 Å². The second-order valence-electron chi connectivity index (χ2n) is 8.25. The van der Waals surface area contributed by atoms with Gasteiger partial charge < -0.3 is 10.1 Å². The zero-order valence-electron chi connectivity index (χ0n) is 20.3. The lowest BCUT2D eigenvalue weighted by atomic mass is 10.1. The van der Waals surface area contributed by atoms with Crippen LogP contribution in [-0.2, 0) is 5.75 Å². The first-order valence-corrected chi connectivity index (χ1v) is 12.7. The summed E-state index contributed by atoms with van der Waals surface area (Å²) < 4.78 is 7.20. The molecule has 37 heavy (non-hydrogen) atoms. The molecule has 1 heterocycles. The Morgan fingerprint density at radius 1 is 1.16 bits per heavy atom. The molecule has 0 saturated heterocycles. The van der Waals surface area contributed by atoms with Crippen molar-refractivity contribution >= 4 is 35.0 Å². The summed E-state index contributed by atoms with van der Waals surface area (Å²) >= 11 is 7.82. The van der Waals surface area contributed by atoms with Crippen LogP contribution in [0.2, 0.25) is 5.02 Å². The van der Waals surface area contributed by atoms with Gasteiger partial charge >= 0.3 is 0 Å². The first-order valence-electron chi connectivity index (χ1n) is 11.3. The van der Waals surface area contributed by atoms with Gasteiger partial charge in [-0.25, -0.2) is 0 Å². The topological polar surface area (TPSA) is 112 Å². The molecule has 11 heteroatoms. The van der Waals surface area contributed by atoms with Gasteiger partial charge in [-0.3, -0.25) is 19.5 Å². The Labute approximate surface area is 223 Å². The lowest BCUT2D eigenvalue weighted by Gasteiger charge is -2.18. The Morgan fingerprint density at radius 2 is 1.95 bits per heavy atom. The third-order valence-electron chi connectivity index (χ3n) is 5.63. The third kappa shape index (κ3) is 6.10. The summed E-state index contributed by atoms with van der Waals surface area (Å²) in [5.74, 6) is 1.42. The number of nitrogens with one attached hydrogen (secondary N) is 1. The van der Waals surface area contributed by atoms with E-state index in [1.807, 2.05) is 47.9 Å². The molecule has 4 aromatic rings. The Kier molecular flexibility index (Phi) is 8.10. The van der Waals surface area contributed by atoms with Crippen molar-refractivity contribution in [3.8, 4) is 11.4 Å². The van der Waals surface area contributed by atoms with Crippen LogP contribution in [0.3, 0.4) is 0 Å². The number of carbonyl (C=O) groups excluding carboxylic acids is 1. The summed E-state index contributed by atoms with van der Waals surface area (Å²) in [6.45, 7) is 3.74. The lowest BCUT2D eigenvalue weighted by molar-refractivity contribution is -0.384. The highest BCUT2D eigenvalue weighted by atomic mass is 35.5. The standard InChI is InChI=1S/C26H24ClN5O4S/c1-16-10-11-20(27)14-23(16)31-24(17(2)28-25(33)19-7-5-8-21(13-19)32(34)35)29-30-26(31)37-15-18-6-4-9-22(12-18)36-3/h4-14,17H,15H2,1-3H3,(H,28,33). The maximum Gasteiger partial charge on any atom is 0.270 e. The summed E-state index contributed by atoms with van der Waals surface area (Å²) in [6.07, 6.45) is 0. The fourth-order valence-corrected chi connectivity index (χ4v) is 4.78. The summed E-state index contributed by atoms with van der Waals surface area (Å²) in [5.41, 5.74) is 2.81. The highest BCUT2D eigenvalue weighted by molar-refractivity contribution is 7.98. The molecule has 0 radical (unpaired) electrons. The second-order valence-corrected chi connectivity index (χ2v) is 9.63. The molecule has 0 fully saturated rings. The maximum atomic E-state index is 12.9. The van der Waals surface area contributed by atoms with Crippen molar-refractivity contribution in [3.63, 3.8) is 0 Å². The minimum atomic E-state index is -0.566. The number of benzene rings is 3. The Bertz CT molecular complexity index is 1460. The van der Waals surface area contributed by atoms with E-state index in [1.54, 1.807) is 20.1 Å². The van der Waals surface area contributed by atoms with Crippen molar-refractivity contribution < 1.29 is 14.5 Å². The number of ether oxygens (including phenoxy) is 1. The first-order chi connectivity index (χ1) is 17.8. The van der Waals surface area contributed by atoms with Gasteiger partial charge in [-0.1, -0.05) is 47.6 Å². The van der Waals surface area contributed by atoms with Gasteiger partial charge in [-0.15, -0.1) is 10.2 Å². The van der Waals surface area contributed by atoms with Crippen molar-refractivity contribution in [2.45, 2.75) is 30.8 Å². The van der Waals surface area contributed by atoms with Gasteiger partial charge in [0.25, 0.3) is 11.6 Å². The molecule has 1 aromatic heterocycles. The maximum absolute atomic E-state index is 12.9. The largest absolute Gasteiger partial charge is 0.497 e. The van der Waals surface area contributed by atoms with Gasteiger partial charge in [0.05, 0.1) is 23.8 Å². The lowest BCUT2D eigenvalue weighted by Crippen LogP contribution is -2.28. The fraction of sp³-hybridized carbons (Fsp3) is 0.192. The molecule has 3 aromatic carbocycles. The average Bonchev–Trinajstić information content (AvgIpc) is 3.33. The normalized spacial score (nSPS) is 11.7. The van der Waals surface area contributed by atoms with Crippen LogP contribution in [0.15, 0.2) is 71.9 Å². The molecule has 0 aliphatic heterocycles. The minimum absolute atomic E-state index is 0.158. The zero-order chi connectivity index (χ0) is 26.5. The zero-order valence-corrected chi connectivity index (χ0v) is 21.9. The van der Waals surface area contributed by atoms with Crippen LogP contribution < -0.4 is 10.1 Å². The van der Waals surface area contributed by atoms with Gasteiger partial charge in [-0.2, -0.15) is 0 Å². The summed E-state index contributed by atoms with van der Waals surface area (Å²) in [7, 11) is 1.63. The van der Waals surface area contributed by atoms with Crippen molar-refractivity contribution in [3.05, 3.63) is 104 Å². The van der Waals surface area contributed by atoms with Crippen LogP contribution >= 0.6 is 23.4 Å². The van der Waals surface area contributed by atoms with Crippen LogP contribution in [0.5, 0.6) is 5.75 Å². The number of hydrogen-bond acceptors (Lipinski definition) is 7. The number of carbonyl (C=O) groups is 1. The quantitative estimate of drug-likeness (QED) is 0.160. The van der Waals surface area contributed by atoms with Gasteiger partial charge in [0.2, 0.25) is 0 Å². The minimum Gasteiger partial charge on any atom is -0.497 e. The second kappa shape index (κ2) is 11.4. The Morgan fingerprint density at radius 3 is 2.70 bits per heavy atom. The summed E-state index contributed by atoms with van der Waals surface area (Å²) in [6, 6.07) is 18.3. The average molecular weight is 538 g/mol. The number of aryl methyl sites for hydroxylation is 1. The highest BCUT2D eigenvalue weighted by Crippen LogP contribution is 2.31. The molecule has 0 spiro atoms. The van der Waals surface area contributed by atoms with E-state index in [2.05, 4.69) is 15.5 Å². The molecule has 0 aliphatic carbocycles. The van der Waals surface area contributed by atoms with E-state index in [0.717, 1.165) is 22.6 Å². The number of nitro benzene ring substituents is 1. The van der Waals surface area contributed by atoms with E-state index >= 15 is 0 Å². The monoisotopic (exact) mass is 537 g/mol. The smallest absolute Gasteiger partial charge is 0.270 e. The molecule has 1 atom stereocenters.